The molecule has 1 aromatic carbocycles. The average molecular weight is 227 g/mol. The van der Waals surface area contributed by atoms with Gasteiger partial charge in [0.2, 0.25) is 0 Å². The molecule has 0 unspecified atom stereocenters. The van der Waals surface area contributed by atoms with Crippen LogP contribution in [0.3, 0.4) is 0 Å². The van der Waals surface area contributed by atoms with Crippen molar-refractivity contribution in [3.05, 3.63) is 35.4 Å². The van der Waals surface area contributed by atoms with E-state index in [1.165, 1.54) is 6.07 Å². The highest BCUT2D eigenvalue weighted by atomic mass is 19.1. The molecule has 0 bridgehead atoms. The van der Waals surface area contributed by atoms with Crippen molar-refractivity contribution < 1.29 is 13.6 Å². The van der Waals surface area contributed by atoms with Gasteiger partial charge in [-0.15, -0.1) is 0 Å². The van der Waals surface area contributed by atoms with Crippen molar-refractivity contribution >= 4 is 5.78 Å². The predicted octanol–water partition coefficient (Wildman–Crippen LogP) is 2.03. The minimum absolute atomic E-state index is 0.133. The fourth-order valence-corrected chi connectivity index (χ4v) is 1.34. The topological polar surface area (TPSA) is 20.3 Å². The van der Waals surface area contributed by atoms with Crippen LogP contribution in [0.4, 0.5) is 8.78 Å². The number of benzene rings is 1. The molecular formula is C12H15F2NO. The van der Waals surface area contributed by atoms with E-state index in [-0.39, 0.29) is 17.8 Å². The lowest BCUT2D eigenvalue weighted by Gasteiger charge is -2.08. The third kappa shape index (κ3) is 3.70. The molecule has 1 rings (SSSR count). The normalized spacial score (nSPS) is 10.8. The molecule has 0 fully saturated rings. The van der Waals surface area contributed by atoms with Crippen LogP contribution >= 0.6 is 0 Å². The smallest absolute Gasteiger partial charge is 0.138 e. The Labute approximate surface area is 93.9 Å². The first-order valence-electron chi connectivity index (χ1n) is 5.10. The molecule has 0 aliphatic heterocycles. The summed E-state index contributed by atoms with van der Waals surface area (Å²) in [6.07, 6.45) is 0.132. The van der Waals surface area contributed by atoms with Gasteiger partial charge in [-0.2, -0.15) is 0 Å². The van der Waals surface area contributed by atoms with E-state index in [2.05, 4.69) is 0 Å². The van der Waals surface area contributed by atoms with Crippen LogP contribution in [0.1, 0.15) is 12.0 Å². The lowest BCUT2D eigenvalue weighted by atomic mass is 10.1. The summed E-state index contributed by atoms with van der Waals surface area (Å²) < 4.78 is 26.4. The van der Waals surface area contributed by atoms with Crippen LogP contribution in [-0.4, -0.2) is 31.3 Å². The molecule has 0 atom stereocenters. The number of hydrogen-bond acceptors (Lipinski definition) is 2. The molecule has 0 amide bonds. The lowest BCUT2D eigenvalue weighted by Crippen LogP contribution is -2.18. The minimum Gasteiger partial charge on any atom is -0.309 e. The Kier molecular flexibility index (Phi) is 4.55. The Morgan fingerprint density at radius 2 is 1.81 bits per heavy atom. The van der Waals surface area contributed by atoms with E-state index in [0.717, 1.165) is 12.1 Å². The molecule has 0 aliphatic carbocycles. The van der Waals surface area contributed by atoms with E-state index < -0.39 is 11.6 Å². The molecule has 4 heteroatoms. The van der Waals surface area contributed by atoms with E-state index in [4.69, 9.17) is 0 Å². The molecule has 0 heterocycles. The maximum Gasteiger partial charge on any atom is 0.138 e. The minimum atomic E-state index is -0.654. The molecule has 16 heavy (non-hydrogen) atoms. The molecule has 0 saturated heterocycles. The fraction of sp³-hybridized carbons (Fsp3) is 0.417. The highest BCUT2D eigenvalue weighted by Crippen LogP contribution is 2.13. The van der Waals surface area contributed by atoms with Gasteiger partial charge in [0.05, 0.1) is 0 Å². The standard InChI is InChI=1S/C12H15F2NO/c1-15(2)7-6-9(16)8-10-11(13)4-3-5-12(10)14/h3-5H,6-8H2,1-2H3. The quantitative estimate of drug-likeness (QED) is 0.767. The Bertz CT molecular complexity index is 357. The zero-order valence-electron chi connectivity index (χ0n) is 9.46. The number of ketones is 1. The Morgan fingerprint density at radius 3 is 2.31 bits per heavy atom. The second-order valence-electron chi connectivity index (χ2n) is 3.97. The van der Waals surface area contributed by atoms with Gasteiger partial charge < -0.3 is 4.90 Å². The molecule has 0 aromatic heterocycles. The van der Waals surface area contributed by atoms with Crippen LogP contribution in [0.5, 0.6) is 0 Å². The van der Waals surface area contributed by atoms with Crippen LogP contribution in [-0.2, 0) is 11.2 Å². The molecular weight excluding hydrogens is 212 g/mol. The summed E-state index contributed by atoms with van der Waals surface area (Å²) in [5.41, 5.74) is -0.133. The van der Waals surface area contributed by atoms with Crippen LogP contribution in [0.2, 0.25) is 0 Å². The van der Waals surface area contributed by atoms with Crippen molar-refractivity contribution in [3.8, 4) is 0 Å². The zero-order valence-corrected chi connectivity index (χ0v) is 9.46. The third-order valence-corrected chi connectivity index (χ3v) is 2.27. The second-order valence-corrected chi connectivity index (χ2v) is 3.97. The number of carbonyl (C=O) groups is 1. The maximum absolute atomic E-state index is 13.2. The summed E-state index contributed by atoms with van der Waals surface area (Å²) in [6, 6.07) is 3.62. The van der Waals surface area contributed by atoms with Gasteiger partial charge in [0.15, 0.2) is 0 Å². The highest BCUT2D eigenvalue weighted by molar-refractivity contribution is 5.81. The largest absolute Gasteiger partial charge is 0.309 e. The van der Waals surface area contributed by atoms with E-state index in [1.54, 1.807) is 0 Å². The average Bonchev–Trinajstić information content (AvgIpc) is 2.21. The second kappa shape index (κ2) is 5.70. The summed E-state index contributed by atoms with van der Waals surface area (Å²) in [6.45, 7) is 0.592. The van der Waals surface area contributed by atoms with Gasteiger partial charge in [-0.25, -0.2) is 8.78 Å². The number of halogens is 2. The monoisotopic (exact) mass is 227 g/mol. The van der Waals surface area contributed by atoms with Gasteiger partial charge >= 0.3 is 0 Å². The third-order valence-electron chi connectivity index (χ3n) is 2.27. The highest BCUT2D eigenvalue weighted by Gasteiger charge is 2.12. The molecule has 1 aromatic rings. The summed E-state index contributed by atoms with van der Waals surface area (Å²) >= 11 is 0. The molecule has 0 saturated carbocycles. The van der Waals surface area contributed by atoms with Crippen molar-refractivity contribution in [2.45, 2.75) is 12.8 Å². The van der Waals surface area contributed by atoms with E-state index in [9.17, 15) is 13.6 Å². The van der Waals surface area contributed by atoms with E-state index >= 15 is 0 Å². The SMILES string of the molecule is CN(C)CCC(=O)Cc1c(F)cccc1F. The summed E-state index contributed by atoms with van der Waals surface area (Å²) in [5.74, 6) is -1.46. The van der Waals surface area contributed by atoms with Crippen molar-refractivity contribution in [2.24, 2.45) is 0 Å². The van der Waals surface area contributed by atoms with Gasteiger partial charge in [-0.3, -0.25) is 4.79 Å². The zero-order chi connectivity index (χ0) is 12.1. The van der Waals surface area contributed by atoms with Gasteiger partial charge in [0.25, 0.3) is 0 Å². The summed E-state index contributed by atoms with van der Waals surface area (Å²) in [7, 11) is 3.69. The maximum atomic E-state index is 13.2. The number of nitrogens with zero attached hydrogens (tertiary/aromatic N) is 1. The van der Waals surface area contributed by atoms with Crippen molar-refractivity contribution in [1.29, 1.82) is 0 Å². The van der Waals surface area contributed by atoms with Crippen LogP contribution in [0.25, 0.3) is 0 Å². The van der Waals surface area contributed by atoms with Crippen LogP contribution in [0, 0.1) is 11.6 Å². The van der Waals surface area contributed by atoms with Crippen molar-refractivity contribution in [1.82, 2.24) is 4.90 Å². The van der Waals surface area contributed by atoms with Crippen LogP contribution < -0.4 is 0 Å². The lowest BCUT2D eigenvalue weighted by molar-refractivity contribution is -0.118. The van der Waals surface area contributed by atoms with Gasteiger partial charge in [-0.1, -0.05) is 6.07 Å². The van der Waals surface area contributed by atoms with Gasteiger partial charge in [0, 0.05) is 24.9 Å². The first kappa shape index (κ1) is 12.8. The summed E-state index contributed by atoms with van der Waals surface area (Å²) in [5, 5.41) is 0. The van der Waals surface area contributed by atoms with Crippen LogP contribution in [0.15, 0.2) is 18.2 Å². The Hall–Kier alpha value is -1.29. The van der Waals surface area contributed by atoms with E-state index in [0.29, 0.717) is 13.0 Å². The van der Waals surface area contributed by atoms with Gasteiger partial charge in [-0.05, 0) is 26.2 Å². The number of hydrogen-bond donors (Lipinski definition) is 0. The number of rotatable bonds is 5. The number of Topliss-reactive ketones (excluding diaryl/α,β-unsaturated/α-hetero) is 1. The molecule has 88 valence electrons. The molecule has 2 nitrogen and oxygen atoms in total. The van der Waals surface area contributed by atoms with E-state index in [1.807, 2.05) is 19.0 Å². The fourth-order valence-electron chi connectivity index (χ4n) is 1.34. The molecule has 0 radical (unpaired) electrons. The number of carbonyl (C=O) groups excluding carboxylic acids is 1. The van der Waals surface area contributed by atoms with Crippen molar-refractivity contribution in [2.75, 3.05) is 20.6 Å². The molecule has 0 N–H and O–H groups in total. The Morgan fingerprint density at radius 1 is 1.25 bits per heavy atom. The first-order chi connectivity index (χ1) is 7.50. The molecule has 0 aliphatic rings. The molecule has 0 spiro atoms. The Balaban J connectivity index is 2.63. The summed E-state index contributed by atoms with van der Waals surface area (Å²) in [4.78, 5) is 13.3. The van der Waals surface area contributed by atoms with Gasteiger partial charge in [0.1, 0.15) is 17.4 Å². The predicted molar refractivity (Wildman–Crippen MR) is 58.2 cm³/mol. The van der Waals surface area contributed by atoms with Crippen molar-refractivity contribution in [3.63, 3.8) is 0 Å². The first-order valence-corrected chi connectivity index (χ1v) is 5.10.